The molecule has 0 spiro atoms. The zero-order chi connectivity index (χ0) is 16.0. The zero-order valence-corrected chi connectivity index (χ0v) is 11.9. The molecule has 0 aliphatic rings. The molecule has 0 heterocycles. The molecule has 0 radical (unpaired) electrons. The van der Waals surface area contributed by atoms with Crippen molar-refractivity contribution in [2.75, 3.05) is 27.2 Å². The van der Waals surface area contributed by atoms with Crippen molar-refractivity contribution in [2.45, 2.75) is 18.7 Å². The van der Waals surface area contributed by atoms with Gasteiger partial charge in [0.25, 0.3) is 0 Å². The molecular weight excluding hydrogens is 285 g/mol. The number of benzene rings is 1. The van der Waals surface area contributed by atoms with Gasteiger partial charge in [0.1, 0.15) is 0 Å². The Morgan fingerprint density at radius 3 is 2.62 bits per heavy atom. The Kier molecular flexibility index (Phi) is 6.17. The van der Waals surface area contributed by atoms with Gasteiger partial charge in [-0.05, 0) is 17.7 Å². The van der Waals surface area contributed by atoms with E-state index in [2.05, 4.69) is 5.32 Å². The van der Waals surface area contributed by atoms with Gasteiger partial charge in [-0.25, -0.2) is 0 Å². The van der Waals surface area contributed by atoms with Crippen LogP contribution in [0.25, 0.3) is 0 Å². The van der Waals surface area contributed by atoms with Crippen molar-refractivity contribution >= 4 is 5.91 Å². The van der Waals surface area contributed by atoms with E-state index in [4.69, 9.17) is 0 Å². The molecule has 1 atom stereocenters. The van der Waals surface area contributed by atoms with E-state index in [9.17, 15) is 23.1 Å². The van der Waals surface area contributed by atoms with Gasteiger partial charge in [-0.3, -0.25) is 4.79 Å². The molecule has 0 saturated carbocycles. The number of alkyl halides is 3. The topological polar surface area (TPSA) is 52.6 Å². The maximum absolute atomic E-state index is 12.6. The van der Waals surface area contributed by atoms with Gasteiger partial charge in [-0.15, -0.1) is 0 Å². The second kappa shape index (κ2) is 7.42. The summed E-state index contributed by atoms with van der Waals surface area (Å²) in [5.74, 6) is -0.0592. The monoisotopic (exact) mass is 304 g/mol. The van der Waals surface area contributed by atoms with Crippen LogP contribution >= 0.6 is 0 Å². The molecular formula is C14H19F3N2O2. The van der Waals surface area contributed by atoms with Crippen LogP contribution in [0.3, 0.4) is 0 Å². The largest absolute Gasteiger partial charge is 0.416 e. The summed E-state index contributed by atoms with van der Waals surface area (Å²) in [5.41, 5.74) is -0.599. The van der Waals surface area contributed by atoms with E-state index >= 15 is 0 Å². The molecule has 4 nitrogen and oxygen atoms in total. The molecule has 0 aliphatic carbocycles. The number of amides is 1. The van der Waals surface area contributed by atoms with Crippen LogP contribution in [0.2, 0.25) is 0 Å². The van der Waals surface area contributed by atoms with Crippen molar-refractivity contribution in [2.24, 2.45) is 0 Å². The lowest BCUT2D eigenvalue weighted by molar-refractivity contribution is -0.137. The van der Waals surface area contributed by atoms with Crippen molar-refractivity contribution in [3.05, 3.63) is 35.4 Å². The summed E-state index contributed by atoms with van der Waals surface area (Å²) < 4.78 is 37.7. The number of rotatable bonds is 6. The van der Waals surface area contributed by atoms with Crippen LogP contribution in [0, 0.1) is 0 Å². The Morgan fingerprint density at radius 2 is 2.05 bits per heavy atom. The van der Waals surface area contributed by atoms with Crippen LogP contribution in [0.5, 0.6) is 0 Å². The fourth-order valence-corrected chi connectivity index (χ4v) is 1.70. The molecule has 0 fully saturated rings. The molecule has 0 aromatic heterocycles. The fraction of sp³-hybridized carbons (Fsp3) is 0.500. The maximum atomic E-state index is 12.6. The van der Waals surface area contributed by atoms with E-state index in [1.54, 1.807) is 14.1 Å². The lowest BCUT2D eigenvalue weighted by Crippen LogP contribution is -2.29. The van der Waals surface area contributed by atoms with Crippen molar-refractivity contribution in [3.63, 3.8) is 0 Å². The van der Waals surface area contributed by atoms with Gasteiger partial charge < -0.3 is 15.3 Å². The lowest BCUT2D eigenvalue weighted by atomic mass is 10.1. The number of halogens is 3. The van der Waals surface area contributed by atoms with Crippen molar-refractivity contribution in [1.82, 2.24) is 10.2 Å². The second-order valence-electron chi connectivity index (χ2n) is 4.88. The molecule has 1 rings (SSSR count). The van der Waals surface area contributed by atoms with E-state index in [0.717, 1.165) is 12.1 Å². The van der Waals surface area contributed by atoms with Crippen LogP contribution in [0.1, 0.15) is 23.7 Å². The first kappa shape index (κ1) is 17.5. The average molecular weight is 304 g/mol. The predicted molar refractivity (Wildman–Crippen MR) is 72.6 cm³/mol. The molecule has 1 unspecified atom stereocenters. The number of hydrogen-bond donors (Lipinski definition) is 2. The Bertz CT molecular complexity index is 476. The summed E-state index contributed by atoms with van der Waals surface area (Å²) in [6.45, 7) is 0.440. The minimum atomic E-state index is -4.43. The van der Waals surface area contributed by atoms with Crippen LogP contribution < -0.4 is 5.32 Å². The first-order valence-corrected chi connectivity index (χ1v) is 6.48. The number of carbonyl (C=O) groups excluding carboxylic acids is 1. The molecule has 0 saturated heterocycles. The molecule has 0 bridgehead atoms. The lowest BCUT2D eigenvalue weighted by Gasteiger charge is -2.15. The Morgan fingerprint density at radius 1 is 1.38 bits per heavy atom. The summed E-state index contributed by atoms with van der Waals surface area (Å²) in [6.07, 6.45) is -5.22. The summed E-state index contributed by atoms with van der Waals surface area (Å²) >= 11 is 0. The van der Waals surface area contributed by atoms with Crippen molar-refractivity contribution in [1.29, 1.82) is 0 Å². The molecule has 1 amide bonds. The van der Waals surface area contributed by atoms with Crippen LogP contribution in [-0.2, 0) is 11.0 Å². The highest BCUT2D eigenvalue weighted by atomic mass is 19.4. The standard InChI is InChI=1S/C14H19F3N2O2/c1-19(2)13(21)6-7-18-9-12(20)10-4-3-5-11(8-10)14(15,16)17/h3-5,8,12,18,20H,6-7,9H2,1-2H3. The molecule has 1 aromatic carbocycles. The van der Waals surface area contributed by atoms with Crippen molar-refractivity contribution in [3.8, 4) is 0 Å². The number of aliphatic hydroxyl groups is 1. The minimum absolute atomic E-state index is 0.0592. The van der Waals surface area contributed by atoms with Crippen LogP contribution in [0.4, 0.5) is 13.2 Å². The third-order valence-electron chi connectivity index (χ3n) is 2.95. The first-order chi connectivity index (χ1) is 9.71. The first-order valence-electron chi connectivity index (χ1n) is 6.48. The van der Waals surface area contributed by atoms with Gasteiger partial charge in [0.15, 0.2) is 0 Å². The third-order valence-corrected chi connectivity index (χ3v) is 2.95. The van der Waals surface area contributed by atoms with Gasteiger partial charge in [-0.1, -0.05) is 12.1 Å². The maximum Gasteiger partial charge on any atom is 0.416 e. The molecule has 1 aromatic rings. The number of hydrogen-bond acceptors (Lipinski definition) is 3. The Labute approximate surface area is 121 Å². The average Bonchev–Trinajstić information content (AvgIpc) is 2.42. The highest BCUT2D eigenvalue weighted by Crippen LogP contribution is 2.30. The highest BCUT2D eigenvalue weighted by Gasteiger charge is 2.30. The van der Waals surface area contributed by atoms with Gasteiger partial charge in [0, 0.05) is 33.6 Å². The van der Waals surface area contributed by atoms with E-state index in [-0.39, 0.29) is 24.4 Å². The highest BCUT2D eigenvalue weighted by molar-refractivity contribution is 5.75. The van der Waals surface area contributed by atoms with E-state index < -0.39 is 17.8 Å². The Hall–Kier alpha value is -1.60. The number of nitrogens with one attached hydrogen (secondary N) is 1. The number of aliphatic hydroxyl groups excluding tert-OH is 1. The second-order valence-corrected chi connectivity index (χ2v) is 4.88. The van der Waals surface area contributed by atoms with E-state index in [1.165, 1.54) is 17.0 Å². The van der Waals surface area contributed by atoms with Gasteiger partial charge in [0.2, 0.25) is 5.91 Å². The van der Waals surface area contributed by atoms with E-state index in [0.29, 0.717) is 6.54 Å². The van der Waals surface area contributed by atoms with Crippen molar-refractivity contribution < 1.29 is 23.1 Å². The summed E-state index contributed by atoms with van der Waals surface area (Å²) in [6, 6.07) is 4.58. The Balaban J connectivity index is 2.49. The van der Waals surface area contributed by atoms with Gasteiger partial charge in [-0.2, -0.15) is 13.2 Å². The SMILES string of the molecule is CN(C)C(=O)CCNCC(O)c1cccc(C(F)(F)F)c1. The summed E-state index contributed by atoms with van der Waals surface area (Å²) in [7, 11) is 3.28. The minimum Gasteiger partial charge on any atom is -0.387 e. The molecule has 7 heteroatoms. The molecule has 21 heavy (non-hydrogen) atoms. The molecule has 0 aliphatic heterocycles. The van der Waals surface area contributed by atoms with Crippen LogP contribution in [0.15, 0.2) is 24.3 Å². The quantitative estimate of drug-likeness (QED) is 0.788. The number of carbonyl (C=O) groups is 1. The third kappa shape index (κ3) is 5.73. The summed E-state index contributed by atoms with van der Waals surface area (Å²) in [4.78, 5) is 12.8. The molecule has 118 valence electrons. The van der Waals surface area contributed by atoms with Gasteiger partial charge in [0.05, 0.1) is 11.7 Å². The van der Waals surface area contributed by atoms with Crippen LogP contribution in [-0.4, -0.2) is 43.1 Å². The summed E-state index contributed by atoms with van der Waals surface area (Å²) in [5, 5.41) is 12.7. The smallest absolute Gasteiger partial charge is 0.387 e. The fourth-order valence-electron chi connectivity index (χ4n) is 1.70. The van der Waals surface area contributed by atoms with E-state index in [1.807, 2.05) is 0 Å². The van der Waals surface area contributed by atoms with Gasteiger partial charge >= 0.3 is 6.18 Å². The number of nitrogens with zero attached hydrogens (tertiary/aromatic N) is 1. The zero-order valence-electron chi connectivity index (χ0n) is 11.9. The normalized spacial score (nSPS) is 13.0. The molecule has 2 N–H and O–H groups in total. The predicted octanol–water partition coefficient (Wildman–Crippen LogP) is 1.81.